The van der Waals surface area contributed by atoms with Crippen molar-refractivity contribution in [2.24, 2.45) is 0 Å². The highest BCUT2D eigenvalue weighted by Crippen LogP contribution is 2.38. The Hall–Kier alpha value is -2.85. The second-order valence-electron chi connectivity index (χ2n) is 5.29. The van der Waals surface area contributed by atoms with E-state index in [1.54, 1.807) is 0 Å². The summed E-state index contributed by atoms with van der Waals surface area (Å²) in [6.45, 7) is 0. The van der Waals surface area contributed by atoms with Crippen LogP contribution in [-0.2, 0) is 12.4 Å². The summed E-state index contributed by atoms with van der Waals surface area (Å²) in [4.78, 5) is 6.19. The number of nitrogens with zero attached hydrogens (tertiary/aromatic N) is 1. The lowest BCUT2D eigenvalue weighted by Gasteiger charge is -2.14. The van der Waals surface area contributed by atoms with Crippen LogP contribution in [0.2, 0.25) is 0 Å². The predicted molar refractivity (Wildman–Crippen MR) is 75.7 cm³/mol. The van der Waals surface area contributed by atoms with Gasteiger partial charge in [-0.05, 0) is 18.2 Å². The number of hydrogen-bond acceptors (Lipinski definition) is 2. The van der Waals surface area contributed by atoms with Crippen LogP contribution in [0.5, 0.6) is 0 Å². The van der Waals surface area contributed by atoms with Crippen LogP contribution in [0.15, 0.2) is 30.3 Å². The minimum absolute atomic E-state index is 0.00872. The minimum atomic E-state index is -5.00. The average Bonchev–Trinajstić information content (AvgIpc) is 2.86. The highest BCUT2D eigenvalue weighted by molar-refractivity contribution is 5.78. The third-order valence-corrected chi connectivity index (χ3v) is 3.37. The van der Waals surface area contributed by atoms with E-state index in [4.69, 9.17) is 0 Å². The van der Waals surface area contributed by atoms with Crippen molar-refractivity contribution in [1.29, 1.82) is 0 Å². The molecule has 2 N–H and O–H groups in total. The molecule has 0 aliphatic carbocycles. The number of halogens is 8. The van der Waals surface area contributed by atoms with Crippen molar-refractivity contribution in [1.82, 2.24) is 9.97 Å². The van der Waals surface area contributed by atoms with E-state index in [1.165, 1.54) is 0 Å². The predicted octanol–water partition coefficient (Wildman–Crippen LogP) is 5.62. The van der Waals surface area contributed by atoms with Crippen molar-refractivity contribution in [3.8, 4) is 0 Å². The van der Waals surface area contributed by atoms with E-state index in [1.807, 2.05) is 0 Å². The number of H-pyrrole nitrogens is 1. The number of nitrogens with one attached hydrogen (secondary N) is 2. The Kier molecular flexibility index (Phi) is 4.04. The van der Waals surface area contributed by atoms with Crippen LogP contribution in [0.25, 0.3) is 11.0 Å². The zero-order valence-corrected chi connectivity index (χ0v) is 12.4. The van der Waals surface area contributed by atoms with Gasteiger partial charge in [-0.3, -0.25) is 0 Å². The first-order valence-corrected chi connectivity index (χ1v) is 6.85. The van der Waals surface area contributed by atoms with Gasteiger partial charge in [0.25, 0.3) is 0 Å². The maximum Gasteiger partial charge on any atom is 0.416 e. The molecule has 0 spiro atoms. The van der Waals surface area contributed by atoms with E-state index < -0.39 is 40.8 Å². The summed E-state index contributed by atoms with van der Waals surface area (Å²) in [7, 11) is 0. The summed E-state index contributed by atoms with van der Waals surface area (Å²) in [5.74, 6) is -2.67. The normalized spacial score (nSPS) is 12.6. The fraction of sp³-hybridized carbons (Fsp3) is 0.133. The average molecular weight is 381 g/mol. The van der Waals surface area contributed by atoms with Crippen molar-refractivity contribution < 1.29 is 35.1 Å². The molecule has 0 bridgehead atoms. The molecule has 1 heterocycles. The lowest BCUT2D eigenvalue weighted by molar-refractivity contribution is -0.143. The van der Waals surface area contributed by atoms with Gasteiger partial charge in [0.2, 0.25) is 5.95 Å². The minimum Gasteiger partial charge on any atom is -0.326 e. The summed E-state index contributed by atoms with van der Waals surface area (Å²) in [5.41, 5.74) is -3.62. The van der Waals surface area contributed by atoms with E-state index in [2.05, 4.69) is 15.3 Å². The van der Waals surface area contributed by atoms with Crippen molar-refractivity contribution in [2.75, 3.05) is 5.32 Å². The Bertz CT molecular complexity index is 900. The maximum atomic E-state index is 13.2. The van der Waals surface area contributed by atoms with Gasteiger partial charge in [0.15, 0.2) is 11.6 Å². The molecule has 0 aliphatic heterocycles. The van der Waals surface area contributed by atoms with Crippen LogP contribution >= 0.6 is 0 Å². The Morgan fingerprint density at radius 2 is 1.31 bits per heavy atom. The van der Waals surface area contributed by atoms with E-state index in [9.17, 15) is 35.1 Å². The fourth-order valence-corrected chi connectivity index (χ4v) is 2.23. The van der Waals surface area contributed by atoms with Gasteiger partial charge < -0.3 is 10.3 Å². The maximum absolute atomic E-state index is 13.2. The SMILES string of the molecule is Fc1cc2nc(Nc3cc(C(F)(F)F)cc(C(F)(F)F)c3)[nH]c2cc1F. The van der Waals surface area contributed by atoms with Gasteiger partial charge in [0, 0.05) is 17.8 Å². The molecule has 0 saturated heterocycles. The van der Waals surface area contributed by atoms with Crippen LogP contribution in [0, 0.1) is 11.6 Å². The summed E-state index contributed by atoms with van der Waals surface area (Å²) < 4.78 is 103. The Balaban J connectivity index is 2.04. The summed E-state index contributed by atoms with van der Waals surface area (Å²) >= 11 is 0. The molecule has 3 nitrogen and oxygen atoms in total. The van der Waals surface area contributed by atoms with Gasteiger partial charge >= 0.3 is 12.4 Å². The lowest BCUT2D eigenvalue weighted by Crippen LogP contribution is -2.11. The van der Waals surface area contributed by atoms with E-state index in [0.717, 1.165) is 12.1 Å². The summed E-state index contributed by atoms with van der Waals surface area (Å²) in [6.07, 6.45) is -10.0. The molecule has 138 valence electrons. The zero-order valence-electron chi connectivity index (χ0n) is 12.4. The van der Waals surface area contributed by atoms with Gasteiger partial charge in [-0.25, -0.2) is 13.8 Å². The van der Waals surface area contributed by atoms with Crippen LogP contribution in [0.3, 0.4) is 0 Å². The molecule has 0 unspecified atom stereocenters. The number of aromatic amines is 1. The molecular weight excluding hydrogens is 374 g/mol. The second-order valence-corrected chi connectivity index (χ2v) is 5.29. The molecule has 0 saturated carbocycles. The van der Waals surface area contributed by atoms with Crippen LogP contribution in [-0.4, -0.2) is 9.97 Å². The summed E-state index contributed by atoms with van der Waals surface area (Å²) in [6, 6.07) is 2.40. The van der Waals surface area contributed by atoms with E-state index in [0.29, 0.717) is 12.1 Å². The highest BCUT2D eigenvalue weighted by Gasteiger charge is 2.37. The Morgan fingerprint density at radius 3 is 1.85 bits per heavy atom. The molecule has 0 fully saturated rings. The number of anilines is 2. The monoisotopic (exact) mass is 381 g/mol. The number of fused-ring (bicyclic) bond motifs is 1. The lowest BCUT2D eigenvalue weighted by atomic mass is 10.1. The third kappa shape index (κ3) is 3.55. The number of aromatic nitrogens is 2. The number of hydrogen-bond donors (Lipinski definition) is 2. The van der Waals surface area contributed by atoms with Gasteiger partial charge in [0.1, 0.15) is 0 Å². The largest absolute Gasteiger partial charge is 0.416 e. The van der Waals surface area contributed by atoms with E-state index in [-0.39, 0.29) is 23.0 Å². The van der Waals surface area contributed by atoms with Crippen molar-refractivity contribution >= 4 is 22.7 Å². The first-order valence-electron chi connectivity index (χ1n) is 6.85. The second kappa shape index (κ2) is 5.85. The number of alkyl halides is 6. The number of benzene rings is 2. The van der Waals surface area contributed by atoms with Crippen LogP contribution in [0.4, 0.5) is 46.8 Å². The molecule has 0 aliphatic rings. The highest BCUT2D eigenvalue weighted by atomic mass is 19.4. The molecule has 11 heteroatoms. The molecule has 0 atom stereocenters. The topological polar surface area (TPSA) is 40.7 Å². The van der Waals surface area contributed by atoms with Gasteiger partial charge in [0.05, 0.1) is 22.2 Å². The molecule has 1 aromatic heterocycles. The van der Waals surface area contributed by atoms with Crippen LogP contribution < -0.4 is 5.32 Å². The first kappa shape index (κ1) is 18.0. The van der Waals surface area contributed by atoms with Gasteiger partial charge in [-0.1, -0.05) is 0 Å². The fourth-order valence-electron chi connectivity index (χ4n) is 2.23. The van der Waals surface area contributed by atoms with Crippen LogP contribution in [0.1, 0.15) is 11.1 Å². The molecule has 0 amide bonds. The van der Waals surface area contributed by atoms with Crippen molar-refractivity contribution in [3.05, 3.63) is 53.1 Å². The van der Waals surface area contributed by atoms with Gasteiger partial charge in [-0.15, -0.1) is 0 Å². The van der Waals surface area contributed by atoms with E-state index >= 15 is 0 Å². The standard InChI is InChI=1S/C15H7F8N3/c16-9-4-11-12(5-10(9)17)26-13(25-11)24-8-2-6(14(18,19)20)1-7(3-8)15(21,22)23/h1-5H,(H2,24,25,26). The summed E-state index contributed by atoms with van der Waals surface area (Å²) in [5, 5.41) is 2.25. The smallest absolute Gasteiger partial charge is 0.326 e. The zero-order chi connectivity index (χ0) is 19.3. The molecule has 3 aromatic rings. The number of rotatable bonds is 2. The third-order valence-electron chi connectivity index (χ3n) is 3.37. The quantitative estimate of drug-likeness (QED) is 0.566. The van der Waals surface area contributed by atoms with Gasteiger partial charge in [-0.2, -0.15) is 26.3 Å². The Morgan fingerprint density at radius 1 is 0.769 bits per heavy atom. The molecular formula is C15H7F8N3. The molecule has 3 rings (SSSR count). The van der Waals surface area contributed by atoms with Crippen molar-refractivity contribution in [3.63, 3.8) is 0 Å². The van der Waals surface area contributed by atoms with Crippen molar-refractivity contribution in [2.45, 2.75) is 12.4 Å². The molecule has 26 heavy (non-hydrogen) atoms. The first-order chi connectivity index (χ1) is 11.9. The Labute approximate surface area is 139 Å². The molecule has 2 aromatic carbocycles. The molecule has 0 radical (unpaired) electrons. The number of imidazole rings is 1.